The first-order valence-electron chi connectivity index (χ1n) is 5.98. The highest BCUT2D eigenvalue weighted by Gasteiger charge is 2.48. The van der Waals surface area contributed by atoms with Gasteiger partial charge in [-0.15, -0.1) is 0 Å². The molecule has 2 fully saturated rings. The molecule has 2 amide bonds. The molecular weight excluding hydrogens is 204 g/mol. The van der Waals surface area contributed by atoms with Crippen LogP contribution in [-0.2, 0) is 9.59 Å². The molecule has 16 heavy (non-hydrogen) atoms. The molecule has 0 aromatic carbocycles. The lowest BCUT2D eigenvalue weighted by molar-refractivity contribution is -0.127. The average molecular weight is 224 g/mol. The van der Waals surface area contributed by atoms with Gasteiger partial charge in [-0.3, -0.25) is 9.59 Å². The largest absolute Gasteiger partial charge is 0.370 e. The highest BCUT2D eigenvalue weighted by molar-refractivity contribution is 5.81. The van der Waals surface area contributed by atoms with Crippen LogP contribution in [0.3, 0.4) is 0 Å². The zero-order valence-electron chi connectivity index (χ0n) is 9.95. The number of nitrogens with one attached hydrogen (secondary N) is 1. The van der Waals surface area contributed by atoms with Gasteiger partial charge in [0.15, 0.2) is 0 Å². The highest BCUT2D eigenvalue weighted by Crippen LogP contribution is 2.54. The molecule has 0 bridgehead atoms. The summed E-state index contributed by atoms with van der Waals surface area (Å²) in [6.07, 6.45) is 3.57. The summed E-state index contributed by atoms with van der Waals surface area (Å²) >= 11 is 0. The summed E-state index contributed by atoms with van der Waals surface area (Å²) in [5.41, 5.74) is 4.63. The Morgan fingerprint density at radius 2 is 1.81 bits per heavy atom. The van der Waals surface area contributed by atoms with Crippen LogP contribution in [0.5, 0.6) is 0 Å². The van der Waals surface area contributed by atoms with Crippen LogP contribution in [0.4, 0.5) is 0 Å². The molecule has 0 aromatic heterocycles. The van der Waals surface area contributed by atoms with E-state index in [1.165, 1.54) is 6.42 Å². The molecule has 0 heterocycles. The van der Waals surface area contributed by atoms with E-state index in [9.17, 15) is 9.59 Å². The fourth-order valence-corrected chi connectivity index (χ4v) is 2.84. The van der Waals surface area contributed by atoms with E-state index in [1.807, 2.05) is 13.8 Å². The lowest BCUT2D eigenvalue weighted by Crippen LogP contribution is -2.48. The van der Waals surface area contributed by atoms with E-state index in [4.69, 9.17) is 5.73 Å². The van der Waals surface area contributed by atoms with Crippen molar-refractivity contribution < 1.29 is 9.59 Å². The minimum absolute atomic E-state index is 0.0958. The molecule has 90 valence electrons. The lowest BCUT2D eigenvalue weighted by atomic mass is 9.96. The maximum absolute atomic E-state index is 11.9. The molecule has 2 aliphatic rings. The Bertz CT molecular complexity index is 315. The van der Waals surface area contributed by atoms with E-state index >= 15 is 0 Å². The summed E-state index contributed by atoms with van der Waals surface area (Å²) in [6, 6.07) is 0. The van der Waals surface area contributed by atoms with Crippen molar-refractivity contribution in [2.45, 2.75) is 45.1 Å². The predicted molar refractivity (Wildman–Crippen MR) is 60.4 cm³/mol. The van der Waals surface area contributed by atoms with Crippen LogP contribution in [0.25, 0.3) is 0 Å². The standard InChI is InChI=1S/C12H20N2O2/c1-12(2,6-10(13)15)14-11(16)9-4-7-3-8(7)5-9/h7-9H,3-6H2,1-2H3,(H2,13,15)(H,14,16). The number of rotatable bonds is 4. The first-order valence-corrected chi connectivity index (χ1v) is 5.98. The normalized spacial score (nSPS) is 32.0. The molecule has 0 radical (unpaired) electrons. The molecule has 2 rings (SSSR count). The molecule has 0 saturated heterocycles. The van der Waals surface area contributed by atoms with Crippen LogP contribution in [0, 0.1) is 17.8 Å². The molecule has 2 unspecified atom stereocenters. The first-order chi connectivity index (χ1) is 7.37. The molecule has 3 N–H and O–H groups in total. The summed E-state index contributed by atoms with van der Waals surface area (Å²) in [5.74, 6) is 1.49. The van der Waals surface area contributed by atoms with Gasteiger partial charge in [-0.2, -0.15) is 0 Å². The van der Waals surface area contributed by atoms with E-state index in [-0.39, 0.29) is 24.2 Å². The maximum atomic E-state index is 11.9. The number of fused-ring (bicyclic) bond motifs is 1. The number of hydrogen-bond donors (Lipinski definition) is 2. The van der Waals surface area contributed by atoms with Gasteiger partial charge in [0.05, 0.1) is 0 Å². The van der Waals surface area contributed by atoms with E-state index in [1.54, 1.807) is 0 Å². The third kappa shape index (κ3) is 2.54. The van der Waals surface area contributed by atoms with Crippen molar-refractivity contribution in [1.82, 2.24) is 5.32 Å². The Balaban J connectivity index is 1.84. The van der Waals surface area contributed by atoms with Crippen LogP contribution in [0.2, 0.25) is 0 Å². The first kappa shape index (κ1) is 11.4. The van der Waals surface area contributed by atoms with Gasteiger partial charge in [-0.1, -0.05) is 0 Å². The van der Waals surface area contributed by atoms with Gasteiger partial charge in [0.25, 0.3) is 0 Å². The van der Waals surface area contributed by atoms with E-state index in [0.29, 0.717) is 0 Å². The van der Waals surface area contributed by atoms with Gasteiger partial charge in [0, 0.05) is 17.9 Å². The Labute approximate surface area is 96.0 Å². The molecule has 0 spiro atoms. The summed E-state index contributed by atoms with van der Waals surface area (Å²) in [5, 5.41) is 2.93. The van der Waals surface area contributed by atoms with Crippen LogP contribution in [0.15, 0.2) is 0 Å². The average Bonchev–Trinajstić information content (AvgIpc) is 2.70. The van der Waals surface area contributed by atoms with Gasteiger partial charge in [-0.05, 0) is 44.9 Å². The van der Waals surface area contributed by atoms with Gasteiger partial charge in [-0.25, -0.2) is 0 Å². The second kappa shape index (κ2) is 3.75. The summed E-state index contributed by atoms with van der Waals surface area (Å²) in [7, 11) is 0. The molecule has 0 aromatic rings. The van der Waals surface area contributed by atoms with Crippen LogP contribution in [0.1, 0.15) is 39.5 Å². The molecule has 2 atom stereocenters. The fraction of sp³-hybridized carbons (Fsp3) is 0.833. The molecule has 0 aliphatic heterocycles. The Kier molecular flexibility index (Phi) is 2.68. The third-order valence-corrected chi connectivity index (χ3v) is 3.69. The Morgan fingerprint density at radius 1 is 1.25 bits per heavy atom. The molecule has 2 saturated carbocycles. The topological polar surface area (TPSA) is 72.2 Å². The van der Waals surface area contributed by atoms with Crippen LogP contribution in [-0.4, -0.2) is 17.4 Å². The van der Waals surface area contributed by atoms with Gasteiger partial charge in [0.2, 0.25) is 11.8 Å². The number of carbonyl (C=O) groups excluding carboxylic acids is 2. The Morgan fingerprint density at radius 3 is 2.31 bits per heavy atom. The quantitative estimate of drug-likeness (QED) is 0.741. The van der Waals surface area contributed by atoms with Crippen LogP contribution >= 0.6 is 0 Å². The smallest absolute Gasteiger partial charge is 0.223 e. The molecular formula is C12H20N2O2. The number of primary amides is 1. The number of carbonyl (C=O) groups is 2. The summed E-state index contributed by atoms with van der Waals surface area (Å²) in [4.78, 5) is 22.8. The third-order valence-electron chi connectivity index (χ3n) is 3.69. The second-order valence-electron chi connectivity index (χ2n) is 5.94. The minimum atomic E-state index is -0.518. The maximum Gasteiger partial charge on any atom is 0.223 e. The van der Waals surface area contributed by atoms with Gasteiger partial charge >= 0.3 is 0 Å². The van der Waals surface area contributed by atoms with E-state index in [0.717, 1.165) is 24.7 Å². The van der Waals surface area contributed by atoms with E-state index < -0.39 is 5.54 Å². The van der Waals surface area contributed by atoms with Crippen LogP contribution < -0.4 is 11.1 Å². The fourth-order valence-electron chi connectivity index (χ4n) is 2.84. The highest BCUT2D eigenvalue weighted by atomic mass is 16.2. The monoisotopic (exact) mass is 224 g/mol. The molecule has 4 heteroatoms. The number of amides is 2. The van der Waals surface area contributed by atoms with Crippen molar-refractivity contribution in [3.05, 3.63) is 0 Å². The van der Waals surface area contributed by atoms with Crippen molar-refractivity contribution in [2.75, 3.05) is 0 Å². The van der Waals surface area contributed by atoms with Crippen molar-refractivity contribution in [3.63, 3.8) is 0 Å². The van der Waals surface area contributed by atoms with E-state index in [2.05, 4.69) is 5.32 Å². The van der Waals surface area contributed by atoms with Crippen molar-refractivity contribution in [2.24, 2.45) is 23.5 Å². The number of hydrogen-bond acceptors (Lipinski definition) is 2. The predicted octanol–water partition coefficient (Wildman–Crippen LogP) is 0.803. The zero-order valence-corrected chi connectivity index (χ0v) is 9.95. The lowest BCUT2D eigenvalue weighted by Gasteiger charge is -2.26. The van der Waals surface area contributed by atoms with Gasteiger partial charge in [0.1, 0.15) is 0 Å². The zero-order chi connectivity index (χ0) is 11.9. The van der Waals surface area contributed by atoms with Crippen molar-refractivity contribution >= 4 is 11.8 Å². The number of nitrogens with two attached hydrogens (primary N) is 1. The van der Waals surface area contributed by atoms with Crippen molar-refractivity contribution in [3.8, 4) is 0 Å². The summed E-state index contributed by atoms with van der Waals surface area (Å²) < 4.78 is 0. The second-order valence-corrected chi connectivity index (χ2v) is 5.94. The minimum Gasteiger partial charge on any atom is -0.370 e. The Hall–Kier alpha value is -1.06. The van der Waals surface area contributed by atoms with Crippen molar-refractivity contribution in [1.29, 1.82) is 0 Å². The molecule has 4 nitrogen and oxygen atoms in total. The SMILES string of the molecule is CC(C)(CC(N)=O)NC(=O)C1CC2CC2C1. The summed E-state index contributed by atoms with van der Waals surface area (Å²) in [6.45, 7) is 3.68. The van der Waals surface area contributed by atoms with Gasteiger partial charge < -0.3 is 11.1 Å². The molecule has 2 aliphatic carbocycles.